The van der Waals surface area contributed by atoms with Crippen LogP contribution in [0.5, 0.6) is 0 Å². The Balaban J connectivity index is 2.30. The molecular weight excluding hydrogens is 180 g/mol. The first-order valence-electron chi connectivity index (χ1n) is 5.13. The molecule has 76 valence electrons. The predicted octanol–water partition coefficient (Wildman–Crippen LogP) is 2.67. The van der Waals surface area contributed by atoms with Crippen molar-refractivity contribution in [3.8, 4) is 0 Å². The maximum Gasteiger partial charge on any atom is 0.306 e. The topological polar surface area (TPSA) is 26.3 Å². The Morgan fingerprint density at radius 1 is 1.54 bits per heavy atom. The molecule has 1 aliphatic rings. The standard InChI is InChI=1S/C10H20O2Si/c1-5-12-10(11)6-9-7-13(3,4)8(9)2/h8-9H,5-7H2,1-4H3. The first-order valence-corrected chi connectivity index (χ1v) is 8.41. The first kappa shape index (κ1) is 10.8. The van der Waals surface area contributed by atoms with E-state index in [0.717, 1.165) is 5.54 Å². The zero-order valence-corrected chi connectivity index (χ0v) is 10.1. The van der Waals surface area contributed by atoms with E-state index in [-0.39, 0.29) is 5.97 Å². The van der Waals surface area contributed by atoms with Crippen LogP contribution in [0.15, 0.2) is 0 Å². The summed E-state index contributed by atoms with van der Waals surface area (Å²) in [5.74, 6) is 0.601. The van der Waals surface area contributed by atoms with Crippen molar-refractivity contribution in [3.05, 3.63) is 0 Å². The fourth-order valence-corrected chi connectivity index (χ4v) is 5.49. The van der Waals surface area contributed by atoms with Gasteiger partial charge in [-0.2, -0.15) is 0 Å². The van der Waals surface area contributed by atoms with Crippen molar-refractivity contribution in [1.29, 1.82) is 0 Å². The largest absolute Gasteiger partial charge is 0.466 e. The van der Waals surface area contributed by atoms with Crippen LogP contribution in [0.1, 0.15) is 20.3 Å². The molecule has 13 heavy (non-hydrogen) atoms. The number of esters is 1. The lowest BCUT2D eigenvalue weighted by atomic mass is 10.0. The Morgan fingerprint density at radius 2 is 2.15 bits per heavy atom. The molecule has 1 fully saturated rings. The van der Waals surface area contributed by atoms with Crippen LogP contribution in [0.2, 0.25) is 24.7 Å². The summed E-state index contributed by atoms with van der Waals surface area (Å²) < 4.78 is 4.94. The van der Waals surface area contributed by atoms with Crippen molar-refractivity contribution in [2.45, 2.75) is 44.9 Å². The number of hydrogen-bond donors (Lipinski definition) is 0. The van der Waals surface area contributed by atoms with Crippen molar-refractivity contribution >= 4 is 14.0 Å². The van der Waals surface area contributed by atoms with Gasteiger partial charge in [-0.05, 0) is 18.4 Å². The summed E-state index contributed by atoms with van der Waals surface area (Å²) in [6.45, 7) is 9.47. The van der Waals surface area contributed by atoms with Crippen LogP contribution < -0.4 is 0 Å². The highest BCUT2D eigenvalue weighted by molar-refractivity contribution is 6.81. The normalized spacial score (nSPS) is 30.8. The summed E-state index contributed by atoms with van der Waals surface area (Å²) in [6.07, 6.45) is 0.644. The van der Waals surface area contributed by atoms with Gasteiger partial charge in [-0.1, -0.05) is 26.1 Å². The van der Waals surface area contributed by atoms with Gasteiger partial charge in [-0.3, -0.25) is 4.79 Å². The molecule has 0 amide bonds. The van der Waals surface area contributed by atoms with E-state index in [2.05, 4.69) is 20.0 Å². The molecule has 2 atom stereocenters. The number of hydrogen-bond acceptors (Lipinski definition) is 2. The Morgan fingerprint density at radius 3 is 2.54 bits per heavy atom. The molecular formula is C10H20O2Si. The van der Waals surface area contributed by atoms with Crippen LogP contribution in [-0.4, -0.2) is 20.7 Å². The van der Waals surface area contributed by atoms with Gasteiger partial charge in [0.15, 0.2) is 0 Å². The molecule has 0 spiro atoms. The average Bonchev–Trinajstić information content (AvgIpc) is 2.03. The smallest absolute Gasteiger partial charge is 0.306 e. The van der Waals surface area contributed by atoms with E-state index in [0.29, 0.717) is 18.9 Å². The van der Waals surface area contributed by atoms with E-state index in [9.17, 15) is 4.79 Å². The second-order valence-corrected chi connectivity index (χ2v) is 10.0. The van der Waals surface area contributed by atoms with E-state index in [1.807, 2.05) is 6.92 Å². The highest BCUT2D eigenvalue weighted by atomic mass is 28.3. The highest BCUT2D eigenvalue weighted by Gasteiger charge is 2.46. The van der Waals surface area contributed by atoms with Gasteiger partial charge in [-0.15, -0.1) is 0 Å². The van der Waals surface area contributed by atoms with Gasteiger partial charge in [-0.25, -0.2) is 0 Å². The third-order valence-electron chi connectivity index (χ3n) is 3.46. The van der Waals surface area contributed by atoms with Gasteiger partial charge in [0.1, 0.15) is 0 Å². The fourth-order valence-electron chi connectivity index (χ4n) is 2.20. The Hall–Kier alpha value is -0.313. The van der Waals surface area contributed by atoms with E-state index in [1.165, 1.54) is 6.04 Å². The van der Waals surface area contributed by atoms with Gasteiger partial charge >= 0.3 is 5.97 Å². The van der Waals surface area contributed by atoms with Gasteiger partial charge in [0.05, 0.1) is 14.7 Å². The van der Waals surface area contributed by atoms with Crippen LogP contribution >= 0.6 is 0 Å². The predicted molar refractivity (Wildman–Crippen MR) is 56.5 cm³/mol. The van der Waals surface area contributed by atoms with Crippen LogP contribution in [0, 0.1) is 5.92 Å². The summed E-state index contributed by atoms with van der Waals surface area (Å²) in [6, 6.07) is 1.30. The fraction of sp³-hybridized carbons (Fsp3) is 0.900. The summed E-state index contributed by atoms with van der Waals surface area (Å²) in [5, 5.41) is 0. The molecule has 0 aromatic heterocycles. The third-order valence-corrected chi connectivity index (χ3v) is 7.98. The summed E-state index contributed by atoms with van der Waals surface area (Å²) in [4.78, 5) is 11.2. The Labute approximate surface area is 81.7 Å². The molecule has 1 saturated heterocycles. The third kappa shape index (κ3) is 2.33. The molecule has 0 bridgehead atoms. The van der Waals surface area contributed by atoms with Gasteiger partial charge in [0.25, 0.3) is 0 Å². The molecule has 1 heterocycles. The van der Waals surface area contributed by atoms with Gasteiger partial charge in [0, 0.05) is 6.42 Å². The lowest BCUT2D eigenvalue weighted by Crippen LogP contribution is -2.48. The van der Waals surface area contributed by atoms with Gasteiger partial charge in [0.2, 0.25) is 0 Å². The summed E-state index contributed by atoms with van der Waals surface area (Å²) >= 11 is 0. The summed E-state index contributed by atoms with van der Waals surface area (Å²) in [5.41, 5.74) is 0.789. The highest BCUT2D eigenvalue weighted by Crippen LogP contribution is 2.49. The van der Waals surface area contributed by atoms with Crippen molar-refractivity contribution < 1.29 is 9.53 Å². The molecule has 0 radical (unpaired) electrons. The van der Waals surface area contributed by atoms with Crippen LogP contribution in [0.3, 0.4) is 0 Å². The Kier molecular flexibility index (Phi) is 3.17. The lowest BCUT2D eigenvalue weighted by Gasteiger charge is -2.48. The number of carbonyl (C=O) groups excluding carboxylic acids is 1. The number of carbonyl (C=O) groups is 1. The molecule has 0 aromatic carbocycles. The van der Waals surface area contributed by atoms with Crippen LogP contribution in [0.25, 0.3) is 0 Å². The van der Waals surface area contributed by atoms with Crippen molar-refractivity contribution in [2.24, 2.45) is 5.92 Å². The minimum atomic E-state index is -0.915. The maximum atomic E-state index is 11.2. The molecule has 0 aliphatic carbocycles. The second-order valence-electron chi connectivity index (χ2n) is 4.75. The first-order chi connectivity index (χ1) is 5.97. The minimum Gasteiger partial charge on any atom is -0.466 e. The average molecular weight is 200 g/mol. The van der Waals surface area contributed by atoms with Crippen molar-refractivity contribution in [1.82, 2.24) is 0 Å². The molecule has 0 N–H and O–H groups in total. The molecule has 2 unspecified atom stereocenters. The lowest BCUT2D eigenvalue weighted by molar-refractivity contribution is -0.144. The number of ether oxygens (including phenoxy) is 1. The number of rotatable bonds is 3. The van der Waals surface area contributed by atoms with Gasteiger partial charge < -0.3 is 4.74 Å². The SMILES string of the molecule is CCOC(=O)CC1C[Si](C)(C)C1C. The van der Waals surface area contributed by atoms with Crippen LogP contribution in [-0.2, 0) is 9.53 Å². The quantitative estimate of drug-likeness (QED) is 0.517. The van der Waals surface area contributed by atoms with E-state index >= 15 is 0 Å². The second kappa shape index (κ2) is 3.82. The summed E-state index contributed by atoms with van der Waals surface area (Å²) in [7, 11) is -0.915. The zero-order valence-electron chi connectivity index (χ0n) is 9.09. The maximum absolute atomic E-state index is 11.2. The molecule has 3 heteroatoms. The van der Waals surface area contributed by atoms with E-state index in [4.69, 9.17) is 4.74 Å². The zero-order chi connectivity index (χ0) is 10.1. The van der Waals surface area contributed by atoms with E-state index < -0.39 is 8.07 Å². The molecule has 1 aliphatic heterocycles. The van der Waals surface area contributed by atoms with Crippen molar-refractivity contribution in [3.63, 3.8) is 0 Å². The minimum absolute atomic E-state index is 0.0103. The van der Waals surface area contributed by atoms with Crippen LogP contribution in [0.4, 0.5) is 0 Å². The Bertz CT molecular complexity index is 201. The monoisotopic (exact) mass is 200 g/mol. The molecule has 2 nitrogen and oxygen atoms in total. The molecule has 0 saturated carbocycles. The van der Waals surface area contributed by atoms with Crippen molar-refractivity contribution in [2.75, 3.05) is 6.61 Å². The molecule has 1 rings (SSSR count). The molecule has 0 aromatic rings. The van der Waals surface area contributed by atoms with E-state index in [1.54, 1.807) is 0 Å².